The first-order valence-electron chi connectivity index (χ1n) is 12.9. The van der Waals surface area contributed by atoms with Crippen molar-refractivity contribution in [3.63, 3.8) is 0 Å². The molecule has 0 amide bonds. The molecule has 192 valence electrons. The van der Waals surface area contributed by atoms with E-state index < -0.39 is 0 Å². The number of anilines is 6. The van der Waals surface area contributed by atoms with Crippen LogP contribution in [0, 0.1) is 0 Å². The zero-order valence-electron chi connectivity index (χ0n) is 21.8. The zero-order valence-corrected chi connectivity index (χ0v) is 21.8. The van der Waals surface area contributed by atoms with E-state index in [0.29, 0.717) is 0 Å². The predicted molar refractivity (Wildman–Crippen MR) is 168 cm³/mol. The molecule has 0 bridgehead atoms. The maximum Gasteiger partial charge on any atom is 0.0461 e. The Morgan fingerprint density at radius 2 is 0.590 bits per heavy atom. The van der Waals surface area contributed by atoms with E-state index in [1.54, 1.807) is 0 Å². The summed E-state index contributed by atoms with van der Waals surface area (Å²) in [7, 11) is 0. The lowest BCUT2D eigenvalue weighted by molar-refractivity contribution is 1.28. The van der Waals surface area contributed by atoms with E-state index in [0.717, 1.165) is 17.1 Å². The molecule has 0 aromatic heterocycles. The van der Waals surface area contributed by atoms with Crippen molar-refractivity contribution in [1.82, 2.24) is 0 Å². The lowest BCUT2D eigenvalue weighted by atomic mass is 10.2. The van der Waals surface area contributed by atoms with Gasteiger partial charge in [-0.05, 0) is 72.8 Å². The molecule has 6 aromatic rings. The van der Waals surface area contributed by atoms with E-state index >= 15 is 0 Å². The SMILES string of the molecule is Nc1ccccc1.c1ccc(N(c2ccccc2)c2ccccc2)cc1.c1ccc(Nc2ccccc2)cc1. The monoisotopic (exact) mass is 507 g/mol. The molecule has 0 radical (unpaired) electrons. The lowest BCUT2D eigenvalue weighted by Crippen LogP contribution is -2.09. The number of nitrogens with two attached hydrogens (primary N) is 1. The van der Waals surface area contributed by atoms with Gasteiger partial charge in [-0.1, -0.05) is 109 Å². The van der Waals surface area contributed by atoms with E-state index in [2.05, 4.69) is 83.0 Å². The number of nitrogens with zero attached hydrogens (tertiary/aromatic N) is 1. The van der Waals surface area contributed by atoms with Gasteiger partial charge in [0.15, 0.2) is 0 Å². The van der Waals surface area contributed by atoms with Crippen LogP contribution in [-0.2, 0) is 0 Å². The van der Waals surface area contributed by atoms with Crippen molar-refractivity contribution in [2.75, 3.05) is 16.0 Å². The number of hydrogen-bond acceptors (Lipinski definition) is 3. The van der Waals surface area contributed by atoms with Gasteiger partial charge < -0.3 is 16.0 Å². The fourth-order valence-electron chi connectivity index (χ4n) is 3.84. The van der Waals surface area contributed by atoms with E-state index in [9.17, 15) is 0 Å². The summed E-state index contributed by atoms with van der Waals surface area (Å²) in [4.78, 5) is 2.25. The van der Waals surface area contributed by atoms with Gasteiger partial charge in [0.05, 0.1) is 0 Å². The Kier molecular flexibility index (Phi) is 10.4. The van der Waals surface area contributed by atoms with Crippen molar-refractivity contribution >= 4 is 34.1 Å². The van der Waals surface area contributed by atoms with Crippen molar-refractivity contribution in [3.05, 3.63) is 182 Å². The highest BCUT2D eigenvalue weighted by Gasteiger charge is 2.10. The molecule has 0 unspecified atom stereocenters. The molecule has 39 heavy (non-hydrogen) atoms. The zero-order chi connectivity index (χ0) is 27.0. The minimum Gasteiger partial charge on any atom is -0.399 e. The van der Waals surface area contributed by atoms with E-state index in [1.165, 1.54) is 17.1 Å². The standard InChI is InChI=1S/C18H15N.C12H11N.C6H7N/c1-4-10-16(11-5-1)19(17-12-6-2-7-13-17)18-14-8-3-9-15-18;1-3-7-11(8-4-1)13-12-9-5-2-6-10-12;7-6-4-2-1-3-5-6/h1-15H;1-10,13H;1-5H,7H2. The third-order valence-electron chi connectivity index (χ3n) is 5.68. The maximum absolute atomic E-state index is 5.36. The van der Waals surface area contributed by atoms with Crippen LogP contribution in [0.4, 0.5) is 34.1 Å². The van der Waals surface area contributed by atoms with Crippen molar-refractivity contribution < 1.29 is 0 Å². The molecule has 0 atom stereocenters. The van der Waals surface area contributed by atoms with Crippen LogP contribution in [0.5, 0.6) is 0 Å². The molecule has 0 saturated carbocycles. The highest BCUT2D eigenvalue weighted by atomic mass is 15.1. The molecule has 3 N–H and O–H groups in total. The molecule has 0 saturated heterocycles. The predicted octanol–water partition coefficient (Wildman–Crippen LogP) is 9.86. The fourth-order valence-corrected chi connectivity index (χ4v) is 3.84. The molecule has 6 rings (SSSR count). The van der Waals surface area contributed by atoms with Crippen molar-refractivity contribution in [2.45, 2.75) is 0 Å². The Labute approximate surface area is 231 Å². The summed E-state index contributed by atoms with van der Waals surface area (Å²) in [5.74, 6) is 0. The second-order valence-corrected chi connectivity index (χ2v) is 8.61. The van der Waals surface area contributed by atoms with Crippen LogP contribution in [-0.4, -0.2) is 0 Å². The molecule has 0 spiro atoms. The number of hydrogen-bond donors (Lipinski definition) is 2. The number of nitrogen functional groups attached to an aromatic ring is 1. The van der Waals surface area contributed by atoms with Crippen LogP contribution in [0.25, 0.3) is 0 Å². The molecule has 0 fully saturated rings. The molecule has 3 nitrogen and oxygen atoms in total. The Morgan fingerprint density at radius 3 is 0.846 bits per heavy atom. The van der Waals surface area contributed by atoms with E-state index in [4.69, 9.17) is 5.73 Å². The summed E-state index contributed by atoms with van der Waals surface area (Å²) in [5, 5.41) is 3.30. The summed E-state index contributed by atoms with van der Waals surface area (Å²) < 4.78 is 0. The third-order valence-corrected chi connectivity index (χ3v) is 5.68. The molecular formula is C36H33N3. The van der Waals surface area contributed by atoms with Crippen LogP contribution in [0.1, 0.15) is 0 Å². The van der Waals surface area contributed by atoms with Gasteiger partial charge in [0.25, 0.3) is 0 Å². The van der Waals surface area contributed by atoms with Crippen LogP contribution < -0.4 is 16.0 Å². The first-order chi connectivity index (χ1) is 19.3. The maximum atomic E-state index is 5.36. The quantitative estimate of drug-likeness (QED) is 0.228. The topological polar surface area (TPSA) is 41.3 Å². The lowest BCUT2D eigenvalue weighted by Gasteiger charge is -2.25. The van der Waals surface area contributed by atoms with Gasteiger partial charge in [0, 0.05) is 34.1 Å². The van der Waals surface area contributed by atoms with Crippen LogP contribution in [0.3, 0.4) is 0 Å². The number of nitrogens with one attached hydrogen (secondary N) is 1. The van der Waals surface area contributed by atoms with Gasteiger partial charge >= 0.3 is 0 Å². The smallest absolute Gasteiger partial charge is 0.0461 e. The Hall–Kier alpha value is -5.28. The van der Waals surface area contributed by atoms with Crippen LogP contribution >= 0.6 is 0 Å². The first-order valence-corrected chi connectivity index (χ1v) is 12.9. The fraction of sp³-hybridized carbons (Fsp3) is 0. The van der Waals surface area contributed by atoms with E-state index in [-0.39, 0.29) is 0 Å². The van der Waals surface area contributed by atoms with E-state index in [1.807, 2.05) is 109 Å². The first kappa shape index (κ1) is 26.8. The Morgan fingerprint density at radius 1 is 0.333 bits per heavy atom. The number of rotatable bonds is 5. The minimum absolute atomic E-state index is 0.822. The second-order valence-electron chi connectivity index (χ2n) is 8.61. The van der Waals surface area contributed by atoms with Gasteiger partial charge in [0.2, 0.25) is 0 Å². The second kappa shape index (κ2) is 15.1. The minimum atomic E-state index is 0.822. The molecule has 6 aromatic carbocycles. The highest BCUT2D eigenvalue weighted by Crippen LogP contribution is 2.33. The van der Waals surface area contributed by atoms with Gasteiger partial charge in [0.1, 0.15) is 0 Å². The average molecular weight is 508 g/mol. The van der Waals surface area contributed by atoms with Crippen molar-refractivity contribution in [2.24, 2.45) is 0 Å². The van der Waals surface area contributed by atoms with Crippen LogP contribution in [0.15, 0.2) is 182 Å². The van der Waals surface area contributed by atoms with Crippen molar-refractivity contribution in [3.8, 4) is 0 Å². The highest BCUT2D eigenvalue weighted by molar-refractivity contribution is 5.76. The number of benzene rings is 6. The molecule has 0 aliphatic rings. The molecule has 3 heteroatoms. The third kappa shape index (κ3) is 8.96. The number of para-hydroxylation sites is 6. The molecular weight excluding hydrogens is 474 g/mol. The summed E-state index contributed by atoms with van der Waals surface area (Å²) in [6, 6.07) is 61.0. The van der Waals surface area contributed by atoms with Gasteiger partial charge in [-0.25, -0.2) is 0 Å². The summed E-state index contributed by atoms with van der Waals surface area (Å²) in [6.45, 7) is 0. The van der Waals surface area contributed by atoms with Gasteiger partial charge in [-0.2, -0.15) is 0 Å². The largest absolute Gasteiger partial charge is 0.399 e. The van der Waals surface area contributed by atoms with Gasteiger partial charge in [-0.15, -0.1) is 0 Å². The average Bonchev–Trinajstić information content (AvgIpc) is 3.01. The Bertz CT molecular complexity index is 1310. The molecule has 0 heterocycles. The molecule has 0 aliphatic carbocycles. The normalized spacial score (nSPS) is 9.64. The van der Waals surface area contributed by atoms with Crippen molar-refractivity contribution in [1.29, 1.82) is 0 Å². The van der Waals surface area contributed by atoms with Gasteiger partial charge in [-0.3, -0.25) is 0 Å². The summed E-state index contributed by atoms with van der Waals surface area (Å²) in [5.41, 5.74) is 11.9. The molecule has 0 aliphatic heterocycles. The Balaban J connectivity index is 0.000000152. The summed E-state index contributed by atoms with van der Waals surface area (Å²) in [6.07, 6.45) is 0. The van der Waals surface area contributed by atoms with Crippen LogP contribution in [0.2, 0.25) is 0 Å². The summed E-state index contributed by atoms with van der Waals surface area (Å²) >= 11 is 0.